The van der Waals surface area contributed by atoms with E-state index < -0.39 is 10.1 Å². The van der Waals surface area contributed by atoms with Crippen LogP contribution in [-0.4, -0.2) is 93.5 Å². The Balaban J connectivity index is 1.20. The van der Waals surface area contributed by atoms with Crippen molar-refractivity contribution in [3.8, 4) is 0 Å². The highest BCUT2D eigenvalue weighted by molar-refractivity contribution is 7.86. The first kappa shape index (κ1) is 39.0. The average molecular weight is 777 g/mol. The minimum Gasteiger partial charge on any atom is -0.395 e. The van der Waals surface area contributed by atoms with Crippen molar-refractivity contribution in [3.63, 3.8) is 0 Å². The normalized spacial score (nSPS) is 11.3. The molecule has 0 aliphatic rings. The predicted octanol–water partition coefficient (Wildman–Crippen LogP) is 5.31. The van der Waals surface area contributed by atoms with Crippen LogP contribution in [-0.2, 0) is 10.1 Å². The first-order valence-electron chi connectivity index (χ1n) is 17.3. The van der Waals surface area contributed by atoms with Crippen LogP contribution < -0.4 is 31.1 Å². The number of likely N-dealkylation sites (N-methyl/N-ethyl adjacent to an activating group) is 2. The van der Waals surface area contributed by atoms with E-state index in [-0.39, 0.29) is 54.0 Å². The van der Waals surface area contributed by atoms with Crippen LogP contribution in [0.5, 0.6) is 0 Å². The molecule has 2 heterocycles. The molecule has 0 saturated carbocycles. The van der Waals surface area contributed by atoms with Gasteiger partial charge in [-0.05, 0) is 59.7 Å². The Morgan fingerprint density at radius 2 is 0.964 bits per heavy atom. The van der Waals surface area contributed by atoms with E-state index in [0.29, 0.717) is 29.8 Å². The fraction of sp³-hybridized carbons (Fsp3) is 0.158. The molecule has 6 aromatic rings. The number of rotatable bonds is 17. The Labute approximate surface area is 323 Å². The average Bonchev–Trinajstić information content (AvgIpc) is 3.18. The van der Waals surface area contributed by atoms with Crippen LogP contribution in [0, 0.1) is 0 Å². The predicted molar refractivity (Wildman–Crippen MR) is 218 cm³/mol. The van der Waals surface area contributed by atoms with Crippen LogP contribution in [0.4, 0.5) is 58.4 Å². The van der Waals surface area contributed by atoms with Gasteiger partial charge in [-0.25, -0.2) is 0 Å². The van der Waals surface area contributed by atoms with Gasteiger partial charge in [-0.2, -0.15) is 38.3 Å². The maximum atomic E-state index is 12.6. The van der Waals surface area contributed by atoms with Crippen molar-refractivity contribution in [1.82, 2.24) is 29.9 Å². The van der Waals surface area contributed by atoms with Crippen molar-refractivity contribution in [2.45, 2.75) is 4.90 Å². The molecule has 2 aromatic heterocycles. The largest absolute Gasteiger partial charge is 0.395 e. The second-order valence-electron chi connectivity index (χ2n) is 12.3. The standard InChI is InChI=1S/C38H40N12O5S/c1-49(21-23-51)37-45-33(39-28-9-5-3-6-10-28)43-35(47-37)41-30-18-14-26(15-19-30)13-16-27-17-20-31(25-32(27)56(53,54)55)42-36-44-34(40-29-11-7-4-8-12-29)46-38(48-36)50(2)22-24-52/h3-20,25,51-52H,21-24H2,1-2H3,(H,53,54,55)(H2,39,41,43,45,47)(H2,40,42,44,46,48)/b16-13+. The molecule has 6 rings (SSSR count). The maximum Gasteiger partial charge on any atom is 0.295 e. The van der Waals surface area contributed by atoms with Crippen LogP contribution in [0.25, 0.3) is 12.2 Å². The molecule has 18 heteroatoms. The number of nitrogens with one attached hydrogen (secondary N) is 4. The van der Waals surface area contributed by atoms with Crippen molar-refractivity contribution in [3.05, 3.63) is 114 Å². The molecule has 0 unspecified atom stereocenters. The number of anilines is 10. The number of para-hydroxylation sites is 2. The van der Waals surface area contributed by atoms with Gasteiger partial charge >= 0.3 is 0 Å². The summed E-state index contributed by atoms with van der Waals surface area (Å²) in [4.78, 5) is 29.9. The molecule has 0 aliphatic heterocycles. The lowest BCUT2D eigenvalue weighted by Crippen LogP contribution is -2.24. The summed E-state index contributed by atoms with van der Waals surface area (Å²) >= 11 is 0. The summed E-state index contributed by atoms with van der Waals surface area (Å²) in [6.07, 6.45) is 3.29. The highest BCUT2D eigenvalue weighted by atomic mass is 32.2. The highest BCUT2D eigenvalue weighted by Crippen LogP contribution is 2.27. The number of benzene rings is 4. The number of aromatic nitrogens is 6. The number of aliphatic hydroxyl groups excluding tert-OH is 2. The van der Waals surface area contributed by atoms with Gasteiger partial charge in [0.25, 0.3) is 10.1 Å². The van der Waals surface area contributed by atoms with Crippen molar-refractivity contribution in [2.24, 2.45) is 0 Å². The summed E-state index contributed by atoms with van der Waals surface area (Å²) in [5.41, 5.74) is 3.49. The molecule has 0 saturated heterocycles. The molecule has 56 heavy (non-hydrogen) atoms. The van der Waals surface area contributed by atoms with Crippen LogP contribution in [0.1, 0.15) is 11.1 Å². The van der Waals surface area contributed by atoms with E-state index in [4.69, 9.17) is 0 Å². The third kappa shape index (κ3) is 10.7. The zero-order valence-corrected chi connectivity index (χ0v) is 31.3. The van der Waals surface area contributed by atoms with Gasteiger partial charge in [0.1, 0.15) is 4.90 Å². The van der Waals surface area contributed by atoms with E-state index in [1.165, 1.54) is 6.07 Å². The molecule has 17 nitrogen and oxygen atoms in total. The fourth-order valence-corrected chi connectivity index (χ4v) is 5.90. The minimum absolute atomic E-state index is 0.0749. The third-order valence-electron chi connectivity index (χ3n) is 8.03. The Morgan fingerprint density at radius 1 is 0.554 bits per heavy atom. The van der Waals surface area contributed by atoms with E-state index in [1.54, 1.807) is 48.2 Å². The number of hydrogen-bond donors (Lipinski definition) is 7. The van der Waals surface area contributed by atoms with Crippen LogP contribution in [0.15, 0.2) is 108 Å². The molecule has 0 radical (unpaired) electrons. The molecule has 0 fully saturated rings. The zero-order chi connectivity index (χ0) is 39.5. The summed E-state index contributed by atoms with van der Waals surface area (Å²) in [5.74, 6) is 1.54. The van der Waals surface area contributed by atoms with E-state index in [0.717, 1.165) is 16.9 Å². The van der Waals surface area contributed by atoms with Gasteiger partial charge in [0, 0.05) is 49.9 Å². The Morgan fingerprint density at radius 3 is 1.39 bits per heavy atom. The lowest BCUT2D eigenvalue weighted by molar-refractivity contribution is 0.303. The van der Waals surface area contributed by atoms with E-state index >= 15 is 0 Å². The number of nitrogens with zero attached hydrogens (tertiary/aromatic N) is 8. The van der Waals surface area contributed by atoms with Crippen molar-refractivity contribution in [1.29, 1.82) is 0 Å². The number of aliphatic hydroxyl groups is 2. The lowest BCUT2D eigenvalue weighted by atomic mass is 10.1. The van der Waals surface area contributed by atoms with Crippen molar-refractivity contribution < 1.29 is 23.2 Å². The van der Waals surface area contributed by atoms with Gasteiger partial charge in [0.15, 0.2) is 0 Å². The quantitative estimate of drug-likeness (QED) is 0.0460. The Hall–Kier alpha value is -6.73. The molecule has 4 aromatic carbocycles. The van der Waals surface area contributed by atoms with Gasteiger partial charge < -0.3 is 41.3 Å². The lowest BCUT2D eigenvalue weighted by Gasteiger charge is -2.18. The number of hydrogen-bond acceptors (Lipinski definition) is 16. The van der Waals surface area contributed by atoms with Gasteiger partial charge in [0.2, 0.25) is 35.7 Å². The van der Waals surface area contributed by atoms with Crippen LogP contribution in [0.2, 0.25) is 0 Å². The smallest absolute Gasteiger partial charge is 0.295 e. The van der Waals surface area contributed by atoms with Crippen LogP contribution in [0.3, 0.4) is 0 Å². The SMILES string of the molecule is CN(CCO)c1nc(Nc2ccccc2)nc(Nc2ccc(/C=C/c3ccc(Nc4nc(Nc5ccccc5)nc(N(C)CCO)n4)cc3S(=O)(=O)O)cc2)n1. The molecular formula is C38H40N12O5S. The van der Waals surface area contributed by atoms with Gasteiger partial charge in [-0.1, -0.05) is 66.7 Å². The van der Waals surface area contributed by atoms with Gasteiger partial charge in [0.05, 0.1) is 13.2 Å². The van der Waals surface area contributed by atoms with Crippen LogP contribution >= 0.6 is 0 Å². The summed E-state index contributed by atoms with van der Waals surface area (Å²) in [6.45, 7) is 0.388. The monoisotopic (exact) mass is 776 g/mol. The van der Waals surface area contributed by atoms with Gasteiger partial charge in [-0.3, -0.25) is 4.55 Å². The zero-order valence-electron chi connectivity index (χ0n) is 30.4. The van der Waals surface area contributed by atoms with E-state index in [1.807, 2.05) is 84.9 Å². The summed E-state index contributed by atoms with van der Waals surface area (Å²) < 4.78 is 35.3. The van der Waals surface area contributed by atoms with E-state index in [9.17, 15) is 23.2 Å². The molecule has 7 N–H and O–H groups in total. The first-order valence-corrected chi connectivity index (χ1v) is 18.7. The second kappa shape index (κ2) is 18.1. The summed E-state index contributed by atoms with van der Waals surface area (Å²) in [6, 6.07) is 30.5. The molecule has 0 bridgehead atoms. The summed E-state index contributed by atoms with van der Waals surface area (Å²) in [5, 5.41) is 31.4. The fourth-order valence-electron chi connectivity index (χ4n) is 5.19. The highest BCUT2D eigenvalue weighted by Gasteiger charge is 2.17. The molecule has 0 atom stereocenters. The molecule has 288 valence electrons. The Bertz CT molecular complexity index is 2370. The second-order valence-corrected chi connectivity index (χ2v) is 13.7. The molecule has 0 aliphatic carbocycles. The molecule has 0 amide bonds. The molecule has 0 spiro atoms. The minimum atomic E-state index is -4.65. The van der Waals surface area contributed by atoms with Crippen molar-refractivity contribution in [2.75, 3.05) is 71.5 Å². The van der Waals surface area contributed by atoms with Gasteiger partial charge in [-0.15, -0.1) is 0 Å². The van der Waals surface area contributed by atoms with Crippen molar-refractivity contribution >= 4 is 80.7 Å². The first-order chi connectivity index (χ1) is 27.1. The Kier molecular flexibility index (Phi) is 12.6. The molecular weight excluding hydrogens is 737 g/mol. The van der Waals surface area contributed by atoms with E-state index in [2.05, 4.69) is 51.2 Å². The third-order valence-corrected chi connectivity index (χ3v) is 8.94. The topological polar surface area (TPSA) is 227 Å². The maximum absolute atomic E-state index is 12.6. The summed E-state index contributed by atoms with van der Waals surface area (Å²) in [7, 11) is -1.17.